The number of methoxy groups -OCH3 is 1. The van der Waals surface area contributed by atoms with Crippen LogP contribution in [0.1, 0.15) is 25.5 Å². The average Bonchev–Trinajstić information content (AvgIpc) is 2.45. The molecule has 7 heteroatoms. The van der Waals surface area contributed by atoms with Crippen LogP contribution in [-0.4, -0.2) is 39.8 Å². The van der Waals surface area contributed by atoms with Crippen molar-refractivity contribution in [1.29, 1.82) is 0 Å². The number of carbonyl (C=O) groups is 1. The van der Waals surface area contributed by atoms with Crippen molar-refractivity contribution >= 4 is 15.9 Å². The molecule has 0 aliphatic carbocycles. The Morgan fingerprint density at radius 2 is 1.90 bits per heavy atom. The van der Waals surface area contributed by atoms with E-state index in [0.717, 1.165) is 5.56 Å². The monoisotopic (exact) mass is 314 g/mol. The summed E-state index contributed by atoms with van der Waals surface area (Å²) in [6.45, 7) is 3.73. The molecule has 0 aliphatic heterocycles. The Labute approximate surface area is 125 Å². The van der Waals surface area contributed by atoms with Crippen molar-refractivity contribution in [2.75, 3.05) is 19.4 Å². The Balaban J connectivity index is 2.72. The van der Waals surface area contributed by atoms with E-state index >= 15 is 0 Å². The molecule has 0 radical (unpaired) electrons. The van der Waals surface area contributed by atoms with E-state index in [4.69, 9.17) is 4.74 Å². The van der Waals surface area contributed by atoms with E-state index in [1.54, 1.807) is 19.1 Å². The standard InChI is InChI=1S/C14H22N2O4S/c1-4-15-14(17)11(2)16-21(18,19)10-13(20-3)12-8-6-5-7-9-12/h5-9,11,13,16H,4,10H2,1-3H3,(H,15,17). The molecule has 2 unspecified atom stereocenters. The zero-order chi connectivity index (χ0) is 15.9. The number of amides is 1. The molecule has 6 nitrogen and oxygen atoms in total. The first-order chi connectivity index (χ1) is 9.89. The lowest BCUT2D eigenvalue weighted by Crippen LogP contribution is -2.46. The van der Waals surface area contributed by atoms with Crippen LogP contribution in [0.5, 0.6) is 0 Å². The third-order valence-electron chi connectivity index (χ3n) is 2.93. The van der Waals surface area contributed by atoms with E-state index in [9.17, 15) is 13.2 Å². The minimum absolute atomic E-state index is 0.239. The number of benzene rings is 1. The van der Waals surface area contributed by atoms with Gasteiger partial charge in [-0.05, 0) is 19.4 Å². The molecule has 0 fully saturated rings. The van der Waals surface area contributed by atoms with Crippen LogP contribution in [0.3, 0.4) is 0 Å². The van der Waals surface area contributed by atoms with Gasteiger partial charge in [-0.2, -0.15) is 0 Å². The van der Waals surface area contributed by atoms with Gasteiger partial charge in [0.2, 0.25) is 15.9 Å². The lowest BCUT2D eigenvalue weighted by atomic mass is 10.1. The van der Waals surface area contributed by atoms with Crippen molar-refractivity contribution in [1.82, 2.24) is 10.0 Å². The van der Waals surface area contributed by atoms with Crippen LogP contribution >= 0.6 is 0 Å². The van der Waals surface area contributed by atoms with E-state index < -0.39 is 22.2 Å². The third kappa shape index (κ3) is 5.82. The van der Waals surface area contributed by atoms with Gasteiger partial charge in [-0.15, -0.1) is 0 Å². The molecular formula is C14H22N2O4S. The predicted octanol–water partition coefficient (Wildman–Crippen LogP) is 0.818. The highest BCUT2D eigenvalue weighted by atomic mass is 32.2. The third-order valence-corrected chi connectivity index (χ3v) is 4.38. The van der Waals surface area contributed by atoms with E-state index in [2.05, 4.69) is 10.0 Å². The summed E-state index contributed by atoms with van der Waals surface area (Å²) >= 11 is 0. The van der Waals surface area contributed by atoms with Gasteiger partial charge in [0.15, 0.2) is 0 Å². The molecule has 0 aromatic heterocycles. The Hall–Kier alpha value is -1.44. The highest BCUT2D eigenvalue weighted by Crippen LogP contribution is 2.18. The van der Waals surface area contributed by atoms with Gasteiger partial charge in [0.05, 0.1) is 17.9 Å². The zero-order valence-corrected chi connectivity index (χ0v) is 13.3. The average molecular weight is 314 g/mol. The van der Waals surface area contributed by atoms with Gasteiger partial charge in [0.1, 0.15) is 0 Å². The summed E-state index contributed by atoms with van der Waals surface area (Å²) < 4.78 is 31.8. The van der Waals surface area contributed by atoms with Crippen LogP contribution in [0.4, 0.5) is 0 Å². The second-order valence-electron chi connectivity index (χ2n) is 4.65. The van der Waals surface area contributed by atoms with Crippen molar-refractivity contribution in [2.24, 2.45) is 0 Å². The number of hydrogen-bond acceptors (Lipinski definition) is 4. The summed E-state index contributed by atoms with van der Waals surface area (Å²) in [5.74, 6) is -0.591. The minimum Gasteiger partial charge on any atom is -0.376 e. The maximum Gasteiger partial charge on any atom is 0.237 e. The van der Waals surface area contributed by atoms with Gasteiger partial charge in [0.25, 0.3) is 0 Å². The molecule has 1 aromatic rings. The highest BCUT2D eigenvalue weighted by molar-refractivity contribution is 7.89. The summed E-state index contributed by atoms with van der Waals surface area (Å²) in [5, 5.41) is 2.57. The van der Waals surface area contributed by atoms with E-state index in [0.29, 0.717) is 6.54 Å². The molecule has 0 spiro atoms. The van der Waals surface area contributed by atoms with Crippen molar-refractivity contribution < 1.29 is 17.9 Å². The number of hydrogen-bond donors (Lipinski definition) is 2. The maximum atomic E-state index is 12.1. The fourth-order valence-corrected chi connectivity index (χ4v) is 3.33. The second-order valence-corrected chi connectivity index (χ2v) is 6.45. The summed E-state index contributed by atoms with van der Waals surface area (Å²) in [7, 11) is -2.18. The second kappa shape index (κ2) is 8.11. The first kappa shape index (κ1) is 17.6. The fourth-order valence-electron chi connectivity index (χ4n) is 1.87. The maximum absolute atomic E-state index is 12.1. The van der Waals surface area contributed by atoms with Crippen molar-refractivity contribution in [3.63, 3.8) is 0 Å². The molecule has 0 heterocycles. The molecule has 1 amide bonds. The fraction of sp³-hybridized carbons (Fsp3) is 0.500. The summed E-state index contributed by atoms with van der Waals surface area (Å²) in [5.41, 5.74) is 0.774. The Morgan fingerprint density at radius 3 is 2.43 bits per heavy atom. The quantitative estimate of drug-likeness (QED) is 0.744. The topological polar surface area (TPSA) is 84.5 Å². The Kier molecular flexibility index (Phi) is 6.80. The van der Waals surface area contributed by atoms with Gasteiger partial charge < -0.3 is 10.1 Å². The summed E-state index contributed by atoms with van der Waals surface area (Å²) in [6, 6.07) is 8.27. The van der Waals surface area contributed by atoms with E-state index in [1.165, 1.54) is 14.0 Å². The molecule has 0 aliphatic rings. The summed E-state index contributed by atoms with van der Waals surface area (Å²) in [4.78, 5) is 11.6. The number of nitrogens with one attached hydrogen (secondary N) is 2. The molecule has 2 N–H and O–H groups in total. The van der Waals surface area contributed by atoms with Gasteiger partial charge in [0, 0.05) is 13.7 Å². The SMILES string of the molecule is CCNC(=O)C(C)NS(=O)(=O)CC(OC)c1ccccc1. The number of sulfonamides is 1. The number of likely N-dealkylation sites (N-methyl/N-ethyl adjacent to an activating group) is 1. The first-order valence-electron chi connectivity index (χ1n) is 6.75. The molecule has 118 valence electrons. The molecule has 0 saturated heterocycles. The van der Waals surface area contributed by atoms with Crippen molar-refractivity contribution in [2.45, 2.75) is 26.0 Å². The van der Waals surface area contributed by atoms with Crippen LogP contribution in [0.2, 0.25) is 0 Å². The van der Waals surface area contributed by atoms with Crippen LogP contribution in [0.25, 0.3) is 0 Å². The van der Waals surface area contributed by atoms with Gasteiger partial charge in [-0.1, -0.05) is 30.3 Å². The van der Waals surface area contributed by atoms with E-state index in [1.807, 2.05) is 18.2 Å². The Morgan fingerprint density at radius 1 is 1.29 bits per heavy atom. The zero-order valence-electron chi connectivity index (χ0n) is 12.5. The lowest BCUT2D eigenvalue weighted by Gasteiger charge is -2.18. The summed E-state index contributed by atoms with van der Waals surface area (Å²) in [6.07, 6.45) is -0.579. The van der Waals surface area contributed by atoms with Crippen molar-refractivity contribution in [3.05, 3.63) is 35.9 Å². The molecular weight excluding hydrogens is 292 g/mol. The lowest BCUT2D eigenvalue weighted by molar-refractivity contribution is -0.122. The molecule has 0 saturated carbocycles. The first-order valence-corrected chi connectivity index (χ1v) is 8.40. The molecule has 1 aromatic carbocycles. The molecule has 0 bridgehead atoms. The molecule has 1 rings (SSSR count). The van der Waals surface area contributed by atoms with Gasteiger partial charge in [-0.3, -0.25) is 4.79 Å². The number of ether oxygens (including phenoxy) is 1. The largest absolute Gasteiger partial charge is 0.376 e. The molecule has 2 atom stereocenters. The smallest absolute Gasteiger partial charge is 0.237 e. The van der Waals surface area contributed by atoms with Crippen LogP contribution in [-0.2, 0) is 19.6 Å². The van der Waals surface area contributed by atoms with Gasteiger partial charge >= 0.3 is 0 Å². The van der Waals surface area contributed by atoms with Crippen LogP contribution in [0, 0.1) is 0 Å². The normalized spacial score (nSPS) is 14.4. The van der Waals surface area contributed by atoms with Gasteiger partial charge in [-0.25, -0.2) is 13.1 Å². The predicted molar refractivity (Wildman–Crippen MR) is 81.3 cm³/mol. The minimum atomic E-state index is -3.64. The van der Waals surface area contributed by atoms with Crippen molar-refractivity contribution in [3.8, 4) is 0 Å². The number of carbonyl (C=O) groups excluding carboxylic acids is 1. The molecule has 21 heavy (non-hydrogen) atoms. The van der Waals surface area contributed by atoms with E-state index in [-0.39, 0.29) is 11.7 Å². The highest BCUT2D eigenvalue weighted by Gasteiger charge is 2.24. The van der Waals surface area contributed by atoms with Crippen LogP contribution < -0.4 is 10.0 Å². The number of rotatable bonds is 8. The Bertz CT molecular complexity index is 545. The van der Waals surface area contributed by atoms with Crippen LogP contribution in [0.15, 0.2) is 30.3 Å².